The van der Waals surface area contributed by atoms with Gasteiger partial charge in [-0.3, -0.25) is 9.78 Å². The van der Waals surface area contributed by atoms with Crippen molar-refractivity contribution < 1.29 is 35.2 Å². The lowest BCUT2D eigenvalue weighted by Crippen LogP contribution is -2.48. The fraction of sp³-hybridized carbons (Fsp3) is 0.304. The van der Waals surface area contributed by atoms with E-state index in [1.165, 1.54) is 19.1 Å². The molecule has 1 saturated heterocycles. The number of carbonyl (C=O) groups excluding carboxylic acids is 1. The molecule has 4 rings (SSSR count). The van der Waals surface area contributed by atoms with E-state index in [-0.39, 0.29) is 28.4 Å². The van der Waals surface area contributed by atoms with E-state index in [1.807, 2.05) is 0 Å². The van der Waals surface area contributed by atoms with Gasteiger partial charge < -0.3 is 5.32 Å². The summed E-state index contributed by atoms with van der Waals surface area (Å²) >= 11 is 0. The largest absolute Gasteiger partial charge is 0.433 e. The number of rotatable bonds is 6. The highest BCUT2D eigenvalue weighted by molar-refractivity contribution is 7.89. The lowest BCUT2D eigenvalue weighted by Gasteiger charge is -2.25. The molecule has 3 aromatic rings. The highest BCUT2D eigenvalue weighted by Gasteiger charge is 2.49. The van der Waals surface area contributed by atoms with Gasteiger partial charge in [-0.25, -0.2) is 27.2 Å². The molecule has 3 heterocycles. The van der Waals surface area contributed by atoms with Crippen LogP contribution in [0.5, 0.6) is 0 Å². The van der Waals surface area contributed by atoms with Crippen LogP contribution in [0.15, 0.2) is 59.9 Å². The van der Waals surface area contributed by atoms with E-state index in [2.05, 4.69) is 20.3 Å². The normalized spacial score (nSPS) is 20.6. The average molecular weight is 542 g/mol. The molecule has 0 bridgehead atoms. The SMILES string of the molecule is C[C@@H]1[C@@H](C(=O)NCc2cc(-c3ccc(C(F)(F)F)nc3)ncn2)N(S(=O)(=O)c2ccc(F)cc2)C[C@@H]1F. The number of nitrogens with zero attached hydrogens (tertiary/aromatic N) is 4. The summed E-state index contributed by atoms with van der Waals surface area (Å²) in [7, 11) is -4.30. The van der Waals surface area contributed by atoms with Crippen molar-refractivity contribution in [3.05, 3.63) is 72.2 Å². The summed E-state index contributed by atoms with van der Waals surface area (Å²) in [6, 6.07) is 6.03. The molecule has 0 spiro atoms. The molecule has 37 heavy (non-hydrogen) atoms. The Bertz CT molecular complexity index is 1390. The minimum Gasteiger partial charge on any atom is -0.349 e. The molecule has 0 aliphatic carbocycles. The monoisotopic (exact) mass is 541 g/mol. The molecule has 2 aromatic heterocycles. The van der Waals surface area contributed by atoms with Crippen molar-refractivity contribution in [2.24, 2.45) is 5.92 Å². The van der Waals surface area contributed by atoms with Gasteiger partial charge in [0.2, 0.25) is 15.9 Å². The van der Waals surface area contributed by atoms with Gasteiger partial charge in [0.25, 0.3) is 0 Å². The predicted octanol–water partition coefficient (Wildman–Crippen LogP) is 3.36. The second-order valence-corrected chi connectivity index (χ2v) is 10.3. The predicted molar refractivity (Wildman–Crippen MR) is 120 cm³/mol. The van der Waals surface area contributed by atoms with Crippen molar-refractivity contribution in [1.82, 2.24) is 24.6 Å². The number of nitrogens with one attached hydrogen (secondary N) is 1. The van der Waals surface area contributed by atoms with Gasteiger partial charge in [-0.05, 0) is 42.5 Å². The molecule has 1 aromatic carbocycles. The Morgan fingerprint density at radius 3 is 2.43 bits per heavy atom. The molecule has 1 fully saturated rings. The van der Waals surface area contributed by atoms with E-state index < -0.39 is 58.3 Å². The first-order valence-corrected chi connectivity index (χ1v) is 12.4. The Morgan fingerprint density at radius 2 is 1.81 bits per heavy atom. The quantitative estimate of drug-likeness (QED) is 0.480. The molecule has 0 unspecified atom stereocenters. The molecule has 0 saturated carbocycles. The van der Waals surface area contributed by atoms with Crippen molar-refractivity contribution in [3.63, 3.8) is 0 Å². The molecule has 1 aliphatic heterocycles. The molecule has 196 valence electrons. The van der Waals surface area contributed by atoms with Gasteiger partial charge in [-0.2, -0.15) is 17.5 Å². The number of aromatic nitrogens is 3. The molecule has 3 atom stereocenters. The topological polar surface area (TPSA) is 105 Å². The molecule has 14 heteroatoms. The Balaban J connectivity index is 1.50. The number of hydrogen-bond donors (Lipinski definition) is 1. The Kier molecular flexibility index (Phi) is 7.24. The first-order valence-electron chi connectivity index (χ1n) is 10.9. The van der Waals surface area contributed by atoms with E-state index in [1.54, 1.807) is 0 Å². The summed E-state index contributed by atoms with van der Waals surface area (Å²) in [5.41, 5.74) is -0.258. The minimum atomic E-state index is -4.59. The highest BCUT2D eigenvalue weighted by atomic mass is 32.2. The smallest absolute Gasteiger partial charge is 0.349 e. The van der Waals surface area contributed by atoms with E-state index >= 15 is 0 Å². The van der Waals surface area contributed by atoms with Gasteiger partial charge in [0.05, 0.1) is 22.8 Å². The van der Waals surface area contributed by atoms with Gasteiger partial charge >= 0.3 is 6.18 Å². The highest BCUT2D eigenvalue weighted by Crippen LogP contribution is 2.33. The number of hydrogen-bond acceptors (Lipinski definition) is 6. The molecule has 8 nitrogen and oxygen atoms in total. The summed E-state index contributed by atoms with van der Waals surface area (Å²) in [5.74, 6) is -2.38. The molecule has 1 N–H and O–H groups in total. The summed E-state index contributed by atoms with van der Waals surface area (Å²) in [6.07, 6.45) is -4.04. The average Bonchev–Trinajstić information content (AvgIpc) is 3.17. The van der Waals surface area contributed by atoms with Gasteiger partial charge in [-0.15, -0.1) is 0 Å². The van der Waals surface area contributed by atoms with Crippen LogP contribution in [-0.4, -0.2) is 52.3 Å². The van der Waals surface area contributed by atoms with Gasteiger partial charge in [0.15, 0.2) is 0 Å². The molecular weight excluding hydrogens is 521 g/mol. The van der Waals surface area contributed by atoms with Crippen molar-refractivity contribution in [2.45, 2.75) is 36.8 Å². The fourth-order valence-corrected chi connectivity index (χ4v) is 5.59. The number of pyridine rings is 1. The Labute approximate surface area is 208 Å². The van der Waals surface area contributed by atoms with E-state index in [0.29, 0.717) is 0 Å². The van der Waals surface area contributed by atoms with E-state index in [4.69, 9.17) is 0 Å². The van der Waals surface area contributed by atoms with Crippen LogP contribution >= 0.6 is 0 Å². The fourth-order valence-electron chi connectivity index (χ4n) is 3.92. The zero-order valence-electron chi connectivity index (χ0n) is 19.2. The van der Waals surface area contributed by atoms with Crippen LogP contribution in [0.2, 0.25) is 0 Å². The number of sulfonamides is 1. The van der Waals surface area contributed by atoms with Crippen LogP contribution < -0.4 is 5.32 Å². The maximum Gasteiger partial charge on any atom is 0.433 e. The minimum absolute atomic E-state index is 0.187. The Morgan fingerprint density at radius 1 is 1.11 bits per heavy atom. The summed E-state index contributed by atoms with van der Waals surface area (Å²) in [6.45, 7) is 0.681. The summed E-state index contributed by atoms with van der Waals surface area (Å²) < 4.78 is 92.9. The van der Waals surface area contributed by atoms with Gasteiger partial charge in [-0.1, -0.05) is 6.92 Å². The molecular formula is C23H20F5N5O3S. The number of carbonyl (C=O) groups is 1. The summed E-state index contributed by atoms with van der Waals surface area (Å²) in [5, 5.41) is 2.54. The van der Waals surface area contributed by atoms with Crippen molar-refractivity contribution in [2.75, 3.05) is 6.54 Å². The first kappa shape index (κ1) is 26.5. The number of amides is 1. The van der Waals surface area contributed by atoms with Crippen molar-refractivity contribution in [1.29, 1.82) is 0 Å². The zero-order valence-corrected chi connectivity index (χ0v) is 20.0. The molecule has 1 amide bonds. The third-order valence-corrected chi connectivity index (χ3v) is 7.80. The number of alkyl halides is 4. The number of halogens is 5. The van der Waals surface area contributed by atoms with Gasteiger partial charge in [0.1, 0.15) is 30.1 Å². The molecule has 0 radical (unpaired) electrons. The summed E-state index contributed by atoms with van der Waals surface area (Å²) in [4.78, 5) is 24.1. The second-order valence-electron chi connectivity index (χ2n) is 8.39. The van der Waals surface area contributed by atoms with E-state index in [0.717, 1.165) is 47.2 Å². The first-order chi connectivity index (χ1) is 17.4. The zero-order chi connectivity index (χ0) is 27.0. The van der Waals surface area contributed by atoms with E-state index in [9.17, 15) is 35.2 Å². The molecule has 1 aliphatic rings. The van der Waals surface area contributed by atoms with Crippen LogP contribution in [0.4, 0.5) is 22.0 Å². The lowest BCUT2D eigenvalue weighted by atomic mass is 10.0. The van der Waals surface area contributed by atoms with Crippen molar-refractivity contribution >= 4 is 15.9 Å². The standard InChI is InChI=1S/C23H20F5N5O3S/c1-13-18(25)11-33(37(35,36)17-5-3-15(24)4-6-17)21(13)22(34)30-10-16-8-19(32-12-31-16)14-2-7-20(29-9-14)23(26,27)28/h2-9,12-13,18,21H,10-11H2,1H3,(H,30,34)/t13-,18-,21-/m0/s1. The van der Waals surface area contributed by atoms with Gasteiger partial charge in [0, 0.05) is 24.2 Å². The maximum absolute atomic E-state index is 14.6. The van der Waals surface area contributed by atoms with Crippen molar-refractivity contribution in [3.8, 4) is 11.3 Å². The third-order valence-electron chi connectivity index (χ3n) is 5.94. The maximum atomic E-state index is 14.6. The van der Waals surface area contributed by atoms with Crippen LogP contribution in [0.25, 0.3) is 11.3 Å². The van der Waals surface area contributed by atoms with Crippen LogP contribution in [0.1, 0.15) is 18.3 Å². The van der Waals surface area contributed by atoms with Crippen LogP contribution in [-0.2, 0) is 27.5 Å². The van der Waals surface area contributed by atoms with Crippen LogP contribution in [0, 0.1) is 11.7 Å². The van der Waals surface area contributed by atoms with Crippen LogP contribution in [0.3, 0.4) is 0 Å². The second kappa shape index (κ2) is 10.1. The lowest BCUT2D eigenvalue weighted by molar-refractivity contribution is -0.141. The third kappa shape index (κ3) is 5.59. The number of benzene rings is 1. The Hall–Kier alpha value is -3.52.